The van der Waals surface area contributed by atoms with Crippen LogP contribution in [-0.2, 0) is 17.8 Å². The predicted molar refractivity (Wildman–Crippen MR) is 52.1 cm³/mol. The lowest BCUT2D eigenvalue weighted by Gasteiger charge is -2.23. The van der Waals surface area contributed by atoms with Gasteiger partial charge in [0, 0.05) is 4.47 Å². The predicted octanol–water partition coefficient (Wildman–Crippen LogP) is 2.91. The molecule has 0 saturated carbocycles. The van der Waals surface area contributed by atoms with E-state index in [4.69, 9.17) is 4.74 Å². The molecule has 64 valence electrons. The molecule has 0 saturated heterocycles. The lowest BCUT2D eigenvalue weighted by atomic mass is 10.0. The Morgan fingerprint density at radius 3 is 3.17 bits per heavy atom. The Hall–Kier alpha value is -0.340. The van der Waals surface area contributed by atoms with Crippen LogP contribution in [0.1, 0.15) is 18.1 Å². The summed E-state index contributed by atoms with van der Waals surface area (Å²) >= 11 is 3.55. The molecular formula is C10H11BrO. The van der Waals surface area contributed by atoms with Gasteiger partial charge in [0.15, 0.2) is 0 Å². The van der Waals surface area contributed by atoms with E-state index in [1.165, 1.54) is 15.6 Å². The van der Waals surface area contributed by atoms with E-state index in [2.05, 4.69) is 41.1 Å². The number of hydrogen-bond donors (Lipinski definition) is 0. The van der Waals surface area contributed by atoms with E-state index in [1.807, 2.05) is 0 Å². The van der Waals surface area contributed by atoms with Gasteiger partial charge in [-0.2, -0.15) is 0 Å². The number of fused-ring (bicyclic) bond motifs is 1. The molecule has 1 aliphatic rings. The fourth-order valence-corrected chi connectivity index (χ4v) is 2.11. The molecule has 0 N–H and O–H groups in total. The fourth-order valence-electron chi connectivity index (χ4n) is 1.55. The molecule has 0 bridgehead atoms. The summed E-state index contributed by atoms with van der Waals surface area (Å²) in [5.74, 6) is 0. The van der Waals surface area contributed by atoms with Gasteiger partial charge in [-0.05, 0) is 30.5 Å². The average molecular weight is 227 g/mol. The molecule has 2 heteroatoms. The van der Waals surface area contributed by atoms with Crippen LogP contribution >= 0.6 is 15.9 Å². The van der Waals surface area contributed by atoms with Crippen LogP contribution in [0.3, 0.4) is 0 Å². The van der Waals surface area contributed by atoms with Crippen molar-refractivity contribution in [1.82, 2.24) is 0 Å². The largest absolute Gasteiger partial charge is 0.373 e. The Bertz CT molecular complexity index is 296. The SMILES string of the molecule is C[C@@H]1Cc2c(Br)cccc2CO1. The molecule has 0 spiro atoms. The van der Waals surface area contributed by atoms with Crippen molar-refractivity contribution >= 4 is 15.9 Å². The number of ether oxygens (including phenoxy) is 1. The minimum absolute atomic E-state index is 0.358. The van der Waals surface area contributed by atoms with Crippen molar-refractivity contribution in [3.05, 3.63) is 33.8 Å². The Morgan fingerprint density at radius 2 is 2.33 bits per heavy atom. The third-order valence-electron chi connectivity index (χ3n) is 2.23. The van der Waals surface area contributed by atoms with E-state index in [0.29, 0.717) is 6.10 Å². The highest BCUT2D eigenvalue weighted by Crippen LogP contribution is 2.27. The second-order valence-corrected chi connectivity index (χ2v) is 4.06. The summed E-state index contributed by atoms with van der Waals surface area (Å²) in [4.78, 5) is 0. The van der Waals surface area contributed by atoms with Gasteiger partial charge in [0.1, 0.15) is 0 Å². The molecule has 0 fully saturated rings. The number of rotatable bonds is 0. The van der Waals surface area contributed by atoms with Crippen molar-refractivity contribution in [2.45, 2.75) is 26.1 Å². The Balaban J connectivity index is 2.43. The summed E-state index contributed by atoms with van der Waals surface area (Å²) in [6.07, 6.45) is 1.38. The number of hydrogen-bond acceptors (Lipinski definition) is 1. The standard InChI is InChI=1S/C10H11BrO/c1-7-5-9-8(6-12-7)3-2-4-10(9)11/h2-4,7H,5-6H2,1H3/t7-/m1/s1. The Kier molecular flexibility index (Phi) is 2.20. The Labute approximate surface area is 80.9 Å². The van der Waals surface area contributed by atoms with E-state index in [9.17, 15) is 0 Å². The van der Waals surface area contributed by atoms with Gasteiger partial charge in [-0.3, -0.25) is 0 Å². The van der Waals surface area contributed by atoms with Crippen LogP contribution in [0.25, 0.3) is 0 Å². The third-order valence-corrected chi connectivity index (χ3v) is 2.97. The van der Waals surface area contributed by atoms with Crippen molar-refractivity contribution in [2.24, 2.45) is 0 Å². The molecule has 1 nitrogen and oxygen atoms in total. The second kappa shape index (κ2) is 3.19. The van der Waals surface area contributed by atoms with Crippen LogP contribution < -0.4 is 0 Å². The van der Waals surface area contributed by atoms with Gasteiger partial charge < -0.3 is 4.74 Å². The molecule has 0 aliphatic carbocycles. The minimum Gasteiger partial charge on any atom is -0.373 e. The molecule has 1 aliphatic heterocycles. The number of benzene rings is 1. The van der Waals surface area contributed by atoms with Gasteiger partial charge in [-0.25, -0.2) is 0 Å². The maximum Gasteiger partial charge on any atom is 0.0723 e. The number of halogens is 1. The average Bonchev–Trinajstić information content (AvgIpc) is 2.07. The van der Waals surface area contributed by atoms with Crippen molar-refractivity contribution < 1.29 is 4.74 Å². The summed E-state index contributed by atoms with van der Waals surface area (Å²) in [5.41, 5.74) is 2.73. The van der Waals surface area contributed by atoms with Gasteiger partial charge in [-0.15, -0.1) is 0 Å². The quantitative estimate of drug-likeness (QED) is 0.662. The van der Waals surface area contributed by atoms with Crippen LogP contribution in [0.15, 0.2) is 22.7 Å². The maximum atomic E-state index is 5.54. The monoisotopic (exact) mass is 226 g/mol. The first-order chi connectivity index (χ1) is 5.77. The Morgan fingerprint density at radius 1 is 1.50 bits per heavy atom. The van der Waals surface area contributed by atoms with Crippen molar-refractivity contribution in [2.75, 3.05) is 0 Å². The van der Waals surface area contributed by atoms with E-state index in [1.54, 1.807) is 0 Å². The van der Waals surface area contributed by atoms with E-state index >= 15 is 0 Å². The van der Waals surface area contributed by atoms with E-state index in [0.717, 1.165) is 13.0 Å². The summed E-state index contributed by atoms with van der Waals surface area (Å²) in [6, 6.07) is 6.28. The molecule has 1 heterocycles. The first kappa shape index (κ1) is 8.27. The molecule has 0 amide bonds. The molecule has 2 rings (SSSR count). The summed E-state index contributed by atoms with van der Waals surface area (Å²) < 4.78 is 6.76. The molecular weight excluding hydrogens is 216 g/mol. The smallest absolute Gasteiger partial charge is 0.0723 e. The highest BCUT2D eigenvalue weighted by Gasteiger charge is 2.16. The normalized spacial score (nSPS) is 22.0. The molecule has 1 aromatic carbocycles. The van der Waals surface area contributed by atoms with Crippen LogP contribution in [0.4, 0.5) is 0 Å². The third kappa shape index (κ3) is 1.41. The van der Waals surface area contributed by atoms with Gasteiger partial charge in [0.25, 0.3) is 0 Å². The molecule has 12 heavy (non-hydrogen) atoms. The van der Waals surface area contributed by atoms with Crippen molar-refractivity contribution in [1.29, 1.82) is 0 Å². The lowest BCUT2D eigenvalue weighted by Crippen LogP contribution is -2.19. The minimum atomic E-state index is 0.358. The van der Waals surface area contributed by atoms with E-state index in [-0.39, 0.29) is 0 Å². The van der Waals surface area contributed by atoms with Crippen LogP contribution in [-0.4, -0.2) is 6.10 Å². The molecule has 0 unspecified atom stereocenters. The summed E-state index contributed by atoms with van der Waals surface area (Å²) in [7, 11) is 0. The van der Waals surface area contributed by atoms with Gasteiger partial charge in [0.2, 0.25) is 0 Å². The van der Waals surface area contributed by atoms with Crippen LogP contribution in [0, 0.1) is 0 Å². The van der Waals surface area contributed by atoms with Crippen molar-refractivity contribution in [3.63, 3.8) is 0 Å². The molecule has 1 aromatic rings. The van der Waals surface area contributed by atoms with E-state index < -0.39 is 0 Å². The highest BCUT2D eigenvalue weighted by molar-refractivity contribution is 9.10. The molecule has 1 atom stereocenters. The first-order valence-corrected chi connectivity index (χ1v) is 4.94. The molecule has 0 radical (unpaired) electrons. The highest BCUT2D eigenvalue weighted by atomic mass is 79.9. The molecule has 0 aromatic heterocycles. The summed E-state index contributed by atoms with van der Waals surface area (Å²) in [5, 5.41) is 0. The van der Waals surface area contributed by atoms with Crippen LogP contribution in [0.5, 0.6) is 0 Å². The topological polar surface area (TPSA) is 9.23 Å². The van der Waals surface area contributed by atoms with Gasteiger partial charge >= 0.3 is 0 Å². The van der Waals surface area contributed by atoms with Crippen LogP contribution in [0.2, 0.25) is 0 Å². The zero-order valence-corrected chi connectivity index (χ0v) is 8.60. The second-order valence-electron chi connectivity index (χ2n) is 3.20. The summed E-state index contributed by atoms with van der Waals surface area (Å²) in [6.45, 7) is 2.87. The zero-order chi connectivity index (χ0) is 8.55. The van der Waals surface area contributed by atoms with Gasteiger partial charge in [0.05, 0.1) is 12.7 Å². The fraction of sp³-hybridized carbons (Fsp3) is 0.400. The first-order valence-electron chi connectivity index (χ1n) is 4.15. The van der Waals surface area contributed by atoms with Crippen molar-refractivity contribution in [3.8, 4) is 0 Å². The lowest BCUT2D eigenvalue weighted by molar-refractivity contribution is 0.0408. The van der Waals surface area contributed by atoms with Gasteiger partial charge in [-0.1, -0.05) is 28.1 Å². The maximum absolute atomic E-state index is 5.54. The zero-order valence-electron chi connectivity index (χ0n) is 7.01.